The molecule has 1 aliphatic heterocycles. The molecule has 0 bridgehead atoms. The third kappa shape index (κ3) is 5.71. The zero-order valence-corrected chi connectivity index (χ0v) is 31.1. The molecular weight excluding hydrogens is 691 g/mol. The van der Waals surface area contributed by atoms with Crippen molar-refractivity contribution in [1.82, 2.24) is 16.0 Å². The molecule has 0 saturated heterocycles. The van der Waals surface area contributed by atoms with Crippen LogP contribution in [0.15, 0.2) is 157 Å². The number of hydrogen-bond donors (Lipinski definition) is 3. The van der Waals surface area contributed by atoms with Crippen molar-refractivity contribution in [3.05, 3.63) is 180 Å². The summed E-state index contributed by atoms with van der Waals surface area (Å²) in [5, 5.41) is 17.1. The van der Waals surface area contributed by atoms with E-state index in [4.69, 9.17) is 0 Å². The summed E-state index contributed by atoms with van der Waals surface area (Å²) in [5.74, 6) is 0.352. The number of thioether (sulfide) groups is 1. The molecule has 0 saturated carbocycles. The Hall–Kier alpha value is -4.53. The minimum absolute atomic E-state index is 0.0347. The van der Waals surface area contributed by atoms with Crippen LogP contribution in [-0.2, 0) is 6.54 Å². The zero-order chi connectivity index (χ0) is 34.6. The molecule has 6 aromatic carbocycles. The van der Waals surface area contributed by atoms with Crippen LogP contribution >= 0.6 is 34.4 Å². The highest BCUT2D eigenvalue weighted by molar-refractivity contribution is 8.00. The molecule has 8 aromatic rings. The van der Waals surface area contributed by atoms with Gasteiger partial charge in [0.2, 0.25) is 0 Å². The van der Waals surface area contributed by atoms with E-state index < -0.39 is 0 Å². The van der Waals surface area contributed by atoms with E-state index in [1.807, 2.05) is 41.5 Å². The molecule has 4 unspecified atom stereocenters. The Labute approximate surface area is 316 Å². The Morgan fingerprint density at radius 3 is 2.23 bits per heavy atom. The predicted molar refractivity (Wildman–Crippen MR) is 226 cm³/mol. The van der Waals surface area contributed by atoms with Gasteiger partial charge in [0.1, 0.15) is 0 Å². The molecule has 52 heavy (non-hydrogen) atoms. The van der Waals surface area contributed by atoms with Crippen LogP contribution in [0.25, 0.3) is 45.9 Å². The molecule has 3 N–H and O–H groups in total. The molecule has 0 fully saturated rings. The second-order valence-electron chi connectivity index (χ2n) is 13.7. The lowest BCUT2D eigenvalue weighted by atomic mass is 9.86. The van der Waals surface area contributed by atoms with Crippen LogP contribution in [-0.4, -0.2) is 12.3 Å². The molecule has 10 rings (SSSR count). The van der Waals surface area contributed by atoms with Crippen LogP contribution in [0.2, 0.25) is 0 Å². The van der Waals surface area contributed by atoms with Crippen LogP contribution in [0.5, 0.6) is 0 Å². The molecule has 2 aromatic heterocycles. The molecule has 3 nitrogen and oxygen atoms in total. The third-order valence-corrected chi connectivity index (χ3v) is 14.3. The molecule has 3 heterocycles. The maximum Gasteiger partial charge on any atom is 0.0852 e. The van der Waals surface area contributed by atoms with Crippen LogP contribution in [0.3, 0.4) is 0 Å². The minimum Gasteiger partial charge on any atom is -0.301 e. The summed E-state index contributed by atoms with van der Waals surface area (Å²) in [7, 11) is 2.03. The van der Waals surface area contributed by atoms with Gasteiger partial charge in [-0.3, -0.25) is 10.6 Å². The maximum atomic E-state index is 3.91. The predicted octanol–water partition coefficient (Wildman–Crippen LogP) is 11.9. The first-order valence-corrected chi connectivity index (χ1v) is 20.4. The van der Waals surface area contributed by atoms with Crippen molar-refractivity contribution in [2.24, 2.45) is 0 Å². The van der Waals surface area contributed by atoms with Crippen LogP contribution in [0, 0.1) is 0 Å². The zero-order valence-electron chi connectivity index (χ0n) is 28.7. The summed E-state index contributed by atoms with van der Waals surface area (Å²) in [6.45, 7) is 0.751. The van der Waals surface area contributed by atoms with Gasteiger partial charge in [-0.15, -0.1) is 34.4 Å². The fraction of sp³-hybridized carbons (Fsp3) is 0.130. The Kier molecular flexibility index (Phi) is 8.32. The average Bonchev–Trinajstić information content (AvgIpc) is 3.89. The van der Waals surface area contributed by atoms with Crippen LogP contribution in [0.4, 0.5) is 0 Å². The number of fused-ring (bicyclic) bond motifs is 9. The lowest BCUT2D eigenvalue weighted by Gasteiger charge is -2.27. The highest BCUT2D eigenvalue weighted by atomic mass is 32.2. The van der Waals surface area contributed by atoms with Gasteiger partial charge in [-0.25, -0.2) is 0 Å². The summed E-state index contributed by atoms with van der Waals surface area (Å²) in [4.78, 5) is 1.39. The normalized spacial score (nSPS) is 17.8. The fourth-order valence-corrected chi connectivity index (χ4v) is 11.7. The van der Waals surface area contributed by atoms with Gasteiger partial charge in [-0.1, -0.05) is 127 Å². The monoisotopic (exact) mass is 727 g/mol. The van der Waals surface area contributed by atoms with E-state index in [-0.39, 0.29) is 12.3 Å². The number of benzene rings is 6. The van der Waals surface area contributed by atoms with E-state index in [2.05, 4.69) is 168 Å². The van der Waals surface area contributed by atoms with Crippen molar-refractivity contribution in [1.29, 1.82) is 0 Å². The van der Waals surface area contributed by atoms with E-state index in [0.29, 0.717) is 11.2 Å². The van der Waals surface area contributed by atoms with E-state index in [9.17, 15) is 0 Å². The van der Waals surface area contributed by atoms with Gasteiger partial charge < -0.3 is 5.32 Å². The SMILES string of the molecule is CNC(NC(NCc1ccc2c(c1)C1C=C(c3cccc4c3sc3ccccc34)C=CC1S2)c1ccccc1)c1ccc2c(c1)sc1ccccc12. The Balaban J connectivity index is 0.920. The largest absolute Gasteiger partial charge is 0.301 e. The molecule has 0 amide bonds. The lowest BCUT2D eigenvalue weighted by Crippen LogP contribution is -2.41. The quantitative estimate of drug-likeness (QED) is 0.129. The standard InChI is InChI=1S/C46H37N3S3/c1-47-45(31-19-21-35-33-12-5-7-16-39(33)51-43(35)26-31)49-46(29-10-3-2-4-11-29)48-27-28-18-22-41-37(24-28)38-25-30(20-23-42(38)50-41)32-14-9-15-36-34-13-6-8-17-40(34)52-44(32)36/h2-26,38,42,45-49H,27H2,1H3. The third-order valence-electron chi connectivity index (χ3n) is 10.6. The minimum atomic E-state index is -0.0574. The molecule has 0 spiro atoms. The summed E-state index contributed by atoms with van der Waals surface area (Å²) in [5.41, 5.74) is 7.84. The van der Waals surface area contributed by atoms with Crippen molar-refractivity contribution in [2.75, 3.05) is 7.05 Å². The Morgan fingerprint density at radius 1 is 0.635 bits per heavy atom. The molecule has 0 radical (unpaired) electrons. The number of rotatable bonds is 9. The molecule has 2 aliphatic rings. The van der Waals surface area contributed by atoms with Gasteiger partial charge in [-0.05, 0) is 64.7 Å². The van der Waals surface area contributed by atoms with Gasteiger partial charge in [0.15, 0.2) is 0 Å². The number of allylic oxidation sites excluding steroid dienone is 3. The topological polar surface area (TPSA) is 36.1 Å². The molecule has 254 valence electrons. The van der Waals surface area contributed by atoms with Gasteiger partial charge in [0.25, 0.3) is 0 Å². The van der Waals surface area contributed by atoms with Crippen molar-refractivity contribution in [3.8, 4) is 0 Å². The van der Waals surface area contributed by atoms with Crippen LogP contribution < -0.4 is 16.0 Å². The van der Waals surface area contributed by atoms with Crippen molar-refractivity contribution in [2.45, 2.75) is 34.9 Å². The van der Waals surface area contributed by atoms with Crippen molar-refractivity contribution < 1.29 is 0 Å². The first-order chi connectivity index (χ1) is 25.7. The first-order valence-electron chi connectivity index (χ1n) is 17.9. The summed E-state index contributed by atoms with van der Waals surface area (Å²) in [6, 6.07) is 49.0. The first kappa shape index (κ1) is 32.1. The van der Waals surface area contributed by atoms with Crippen molar-refractivity contribution >= 4 is 80.4 Å². The second kappa shape index (κ2) is 13.5. The number of thiophene rings is 2. The van der Waals surface area contributed by atoms with Crippen LogP contribution in [0.1, 0.15) is 46.1 Å². The van der Waals surface area contributed by atoms with Crippen molar-refractivity contribution in [3.63, 3.8) is 0 Å². The van der Waals surface area contributed by atoms with E-state index in [1.54, 1.807) is 0 Å². The summed E-state index contributed by atoms with van der Waals surface area (Å²) >= 11 is 5.77. The second-order valence-corrected chi connectivity index (χ2v) is 17.1. The molecule has 4 atom stereocenters. The summed E-state index contributed by atoms with van der Waals surface area (Å²) in [6.07, 6.45) is 7.22. The fourth-order valence-electron chi connectivity index (χ4n) is 7.99. The lowest BCUT2D eigenvalue weighted by molar-refractivity contribution is 0.353. The number of hydrogen-bond acceptors (Lipinski definition) is 6. The van der Waals surface area contributed by atoms with Gasteiger partial charge in [-0.2, -0.15) is 0 Å². The maximum absolute atomic E-state index is 3.91. The highest BCUT2D eigenvalue weighted by Crippen LogP contribution is 2.51. The Bertz CT molecular complexity index is 2670. The van der Waals surface area contributed by atoms with Gasteiger partial charge in [0, 0.05) is 63.0 Å². The van der Waals surface area contributed by atoms with Gasteiger partial charge >= 0.3 is 0 Å². The molecule has 6 heteroatoms. The average molecular weight is 728 g/mol. The summed E-state index contributed by atoms with van der Waals surface area (Å²) < 4.78 is 5.37. The smallest absolute Gasteiger partial charge is 0.0852 e. The van der Waals surface area contributed by atoms with E-state index in [1.165, 1.54) is 78.6 Å². The van der Waals surface area contributed by atoms with E-state index >= 15 is 0 Å². The highest BCUT2D eigenvalue weighted by Gasteiger charge is 2.33. The molecular formula is C46H37N3S3. The van der Waals surface area contributed by atoms with Gasteiger partial charge in [0.05, 0.1) is 12.3 Å². The van der Waals surface area contributed by atoms with E-state index in [0.717, 1.165) is 6.54 Å². The Morgan fingerprint density at radius 2 is 1.38 bits per heavy atom. The number of nitrogens with one attached hydrogen (secondary N) is 3. The molecule has 1 aliphatic carbocycles.